The van der Waals surface area contributed by atoms with Crippen molar-refractivity contribution in [1.29, 1.82) is 0 Å². The van der Waals surface area contributed by atoms with Gasteiger partial charge in [0.1, 0.15) is 0 Å². The Bertz CT molecular complexity index is 238. The zero-order valence-electron chi connectivity index (χ0n) is 5.84. The predicted octanol–water partition coefficient (Wildman–Crippen LogP) is 1.67. The first-order valence-electron chi connectivity index (χ1n) is 2.72. The second kappa shape index (κ2) is 4.80. The Kier molecular flexibility index (Phi) is 4.38. The molecule has 0 bridgehead atoms. The van der Waals surface area contributed by atoms with E-state index in [1.54, 1.807) is 30.3 Å². The molecule has 0 unspecified atom stereocenters. The van der Waals surface area contributed by atoms with Gasteiger partial charge < -0.3 is 10.4 Å². The quantitative estimate of drug-likeness (QED) is 0.327. The summed E-state index contributed by atoms with van der Waals surface area (Å²) in [6, 6.07) is 8.24. The molecule has 0 aliphatic heterocycles. The van der Waals surface area contributed by atoms with E-state index in [0.29, 0.717) is 5.69 Å². The Morgan fingerprint density at radius 2 is 1.82 bits per heavy atom. The molecule has 0 heterocycles. The molecule has 0 fully saturated rings. The Labute approximate surface area is 76.5 Å². The Morgan fingerprint density at radius 3 is 2.27 bits per heavy atom. The van der Waals surface area contributed by atoms with Gasteiger partial charge in [-0.15, -0.1) is 0 Å². The summed E-state index contributed by atoms with van der Waals surface area (Å²) in [6.45, 7) is 0. The van der Waals surface area contributed by atoms with Gasteiger partial charge in [0, 0.05) is 31.6 Å². The number of rotatable bonds is 1. The summed E-state index contributed by atoms with van der Waals surface area (Å²) in [5.41, 5.74) is 0.310. The summed E-state index contributed by atoms with van der Waals surface area (Å²) in [7, 11) is 0. The van der Waals surface area contributed by atoms with Crippen molar-refractivity contribution < 1.29 is 29.5 Å². The fourth-order valence-corrected chi connectivity index (χ4v) is 0.607. The number of nitrogens with zero attached hydrogens (tertiary/aromatic N) is 2. The van der Waals surface area contributed by atoms with E-state index in [2.05, 4.69) is 5.28 Å². The number of hydrogen-bond acceptors (Lipinski definition) is 2. The molecule has 0 amide bonds. The average molecular weight is 204 g/mol. The van der Waals surface area contributed by atoms with Crippen LogP contribution in [0.4, 0.5) is 5.69 Å². The predicted molar refractivity (Wildman–Crippen MR) is 33.9 cm³/mol. The van der Waals surface area contributed by atoms with E-state index in [9.17, 15) is 5.21 Å². The molecular formula is C6H6N2O2Zn. The smallest absolute Gasteiger partial charge is 0.248 e. The minimum atomic E-state index is 0. The molecule has 5 heteroatoms. The molecule has 4 nitrogen and oxygen atoms in total. The standard InChI is InChI=1S/C6H6N2O2.Zn/c9-7-8(10)6-4-2-1-3-5-6;/h1-5,9H;. The van der Waals surface area contributed by atoms with Crippen LogP contribution in [0, 0.1) is 5.21 Å². The van der Waals surface area contributed by atoms with Crippen LogP contribution in [0.5, 0.6) is 0 Å². The second-order valence-corrected chi connectivity index (χ2v) is 1.70. The van der Waals surface area contributed by atoms with E-state index >= 15 is 0 Å². The Hall–Kier alpha value is -0.957. The van der Waals surface area contributed by atoms with Gasteiger partial charge in [-0.25, -0.2) is 0 Å². The molecule has 1 aromatic carbocycles. The molecule has 0 saturated heterocycles. The molecule has 0 spiro atoms. The summed E-state index contributed by atoms with van der Waals surface area (Å²) in [5, 5.41) is 21.0. The summed E-state index contributed by atoms with van der Waals surface area (Å²) >= 11 is 0. The van der Waals surface area contributed by atoms with Crippen molar-refractivity contribution in [3.05, 3.63) is 35.5 Å². The molecule has 0 aliphatic rings. The van der Waals surface area contributed by atoms with E-state index in [-0.39, 0.29) is 24.3 Å². The van der Waals surface area contributed by atoms with E-state index in [0.717, 1.165) is 0 Å². The van der Waals surface area contributed by atoms with Crippen molar-refractivity contribution in [2.45, 2.75) is 0 Å². The molecule has 0 aromatic heterocycles. The number of hydrogen-bond donors (Lipinski definition) is 1. The Balaban J connectivity index is 0.000001000. The van der Waals surface area contributed by atoms with Crippen LogP contribution in [0.2, 0.25) is 0 Å². The maximum Gasteiger partial charge on any atom is 0.248 e. The molecule has 0 aliphatic carbocycles. The first kappa shape index (κ1) is 10.0. The molecule has 1 aromatic rings. The van der Waals surface area contributed by atoms with Gasteiger partial charge in [0.05, 0.1) is 0 Å². The van der Waals surface area contributed by atoms with Crippen LogP contribution in [0.1, 0.15) is 0 Å². The fraction of sp³-hybridized carbons (Fsp3) is 0. The zero-order valence-corrected chi connectivity index (χ0v) is 8.81. The minimum Gasteiger partial charge on any atom is -0.592 e. The molecule has 0 radical (unpaired) electrons. The molecule has 0 atom stereocenters. The second-order valence-electron chi connectivity index (χ2n) is 1.70. The van der Waals surface area contributed by atoms with Gasteiger partial charge in [0.15, 0.2) is 0 Å². The molecular weight excluding hydrogens is 197 g/mol. The number of benzene rings is 1. The van der Waals surface area contributed by atoms with Gasteiger partial charge in [-0.05, 0) is 4.86 Å². The van der Waals surface area contributed by atoms with Crippen molar-refractivity contribution in [3.63, 3.8) is 0 Å². The molecule has 11 heavy (non-hydrogen) atoms. The van der Waals surface area contributed by atoms with Gasteiger partial charge in [0.25, 0.3) is 0 Å². The van der Waals surface area contributed by atoms with Crippen molar-refractivity contribution in [2.75, 3.05) is 0 Å². The van der Waals surface area contributed by atoms with Gasteiger partial charge in [-0.1, -0.05) is 18.2 Å². The third-order valence-electron chi connectivity index (χ3n) is 1.06. The third kappa shape index (κ3) is 2.64. The molecule has 54 valence electrons. The average Bonchev–Trinajstić information content (AvgIpc) is 2.05. The maximum atomic E-state index is 10.5. The summed E-state index contributed by atoms with van der Waals surface area (Å²) in [5.74, 6) is 0. The molecule has 1 N–H and O–H groups in total. The van der Waals surface area contributed by atoms with Crippen LogP contribution in [0.3, 0.4) is 0 Å². The molecule has 0 saturated carbocycles. The van der Waals surface area contributed by atoms with Crippen LogP contribution in [-0.2, 0) is 19.5 Å². The summed E-state index contributed by atoms with van der Waals surface area (Å²) in [4.78, 5) is 0.139. The van der Waals surface area contributed by atoms with Gasteiger partial charge in [-0.3, -0.25) is 0 Å². The van der Waals surface area contributed by atoms with Gasteiger partial charge in [0.2, 0.25) is 11.0 Å². The summed E-state index contributed by atoms with van der Waals surface area (Å²) in [6.07, 6.45) is 0. The minimum absolute atomic E-state index is 0. The van der Waals surface area contributed by atoms with Crippen LogP contribution >= 0.6 is 0 Å². The number of para-hydroxylation sites is 1. The zero-order chi connectivity index (χ0) is 7.40. The van der Waals surface area contributed by atoms with E-state index in [4.69, 9.17) is 5.21 Å². The molecule has 1 rings (SSSR count). The first-order chi connectivity index (χ1) is 4.84. The van der Waals surface area contributed by atoms with Crippen LogP contribution in [0.15, 0.2) is 35.6 Å². The van der Waals surface area contributed by atoms with Crippen LogP contribution in [-0.4, -0.2) is 10.1 Å². The van der Waals surface area contributed by atoms with Crippen molar-refractivity contribution in [1.82, 2.24) is 0 Å². The largest absolute Gasteiger partial charge is 0.592 e. The third-order valence-corrected chi connectivity index (χ3v) is 1.06. The fourth-order valence-electron chi connectivity index (χ4n) is 0.607. The monoisotopic (exact) mass is 202 g/mol. The SMILES string of the molecule is [O-][N+](=NO)c1ccccc1.[Zn]. The van der Waals surface area contributed by atoms with Crippen molar-refractivity contribution in [3.8, 4) is 0 Å². The van der Waals surface area contributed by atoms with Crippen molar-refractivity contribution in [2.24, 2.45) is 5.28 Å². The van der Waals surface area contributed by atoms with E-state index in [1.807, 2.05) is 0 Å². The van der Waals surface area contributed by atoms with E-state index in [1.165, 1.54) is 0 Å². The van der Waals surface area contributed by atoms with Crippen LogP contribution in [0.25, 0.3) is 0 Å². The topological polar surface area (TPSA) is 58.7 Å². The summed E-state index contributed by atoms with van der Waals surface area (Å²) < 4.78 is 0. The van der Waals surface area contributed by atoms with Gasteiger partial charge in [-0.2, -0.15) is 0 Å². The normalized spacial score (nSPS) is 10.4. The maximum absolute atomic E-state index is 10.5. The van der Waals surface area contributed by atoms with Crippen molar-refractivity contribution >= 4 is 5.69 Å². The van der Waals surface area contributed by atoms with Gasteiger partial charge >= 0.3 is 0 Å². The van der Waals surface area contributed by atoms with E-state index < -0.39 is 0 Å². The Morgan fingerprint density at radius 1 is 1.27 bits per heavy atom. The first-order valence-corrected chi connectivity index (χ1v) is 2.72. The van der Waals surface area contributed by atoms with Crippen LogP contribution < -0.4 is 0 Å².